The second-order valence-corrected chi connectivity index (χ2v) is 3.01. The first-order valence-corrected chi connectivity index (χ1v) is 4.55. The van der Waals surface area contributed by atoms with E-state index in [9.17, 15) is 8.78 Å². The molecule has 0 aliphatic rings. The van der Waals surface area contributed by atoms with Crippen molar-refractivity contribution in [1.29, 1.82) is 5.26 Å². The maximum absolute atomic E-state index is 12.5. The second kappa shape index (κ2) is 5.37. The molecule has 0 atom stereocenters. The number of nitrogens with zero attached hydrogens (tertiary/aromatic N) is 2. The first kappa shape index (κ1) is 12.3. The minimum atomic E-state index is -2.70. The summed E-state index contributed by atoms with van der Waals surface area (Å²) >= 11 is 0. The van der Waals surface area contributed by atoms with Crippen molar-refractivity contribution in [2.45, 2.75) is 19.4 Å². The Hall–Kier alpha value is -1.74. The lowest BCUT2D eigenvalue weighted by Crippen LogP contribution is -2.08. The van der Waals surface area contributed by atoms with Gasteiger partial charge in [0.05, 0.1) is 25.3 Å². The van der Waals surface area contributed by atoms with Gasteiger partial charge in [0.15, 0.2) is 0 Å². The number of hydrogen-bond donors (Lipinski definition) is 1. The summed E-state index contributed by atoms with van der Waals surface area (Å²) in [5, 5.41) is 8.57. The number of methoxy groups -OCH3 is 1. The van der Waals surface area contributed by atoms with Crippen LogP contribution >= 0.6 is 0 Å². The molecule has 86 valence electrons. The minimum Gasteiger partial charge on any atom is -0.496 e. The largest absolute Gasteiger partial charge is 0.496 e. The first-order valence-electron chi connectivity index (χ1n) is 4.55. The summed E-state index contributed by atoms with van der Waals surface area (Å²) in [6, 6.07) is 3.00. The molecular weight excluding hydrogens is 216 g/mol. The van der Waals surface area contributed by atoms with Crippen LogP contribution in [0.4, 0.5) is 8.78 Å². The molecule has 1 aromatic rings. The molecule has 0 saturated heterocycles. The fraction of sp³-hybridized carbons (Fsp3) is 0.400. The average Bonchev–Trinajstić information content (AvgIpc) is 2.28. The normalized spacial score (nSPS) is 10.2. The van der Waals surface area contributed by atoms with Gasteiger partial charge in [-0.05, 0) is 0 Å². The van der Waals surface area contributed by atoms with Gasteiger partial charge in [-0.3, -0.25) is 4.98 Å². The standard InChI is InChI=1S/C10H11F2N3O/c1-16-9-4-8(10(11)12)15-7(2-3-13)6(9)5-14/h4,10H,2,5,14H2,1H3. The van der Waals surface area contributed by atoms with Crippen LogP contribution in [0.3, 0.4) is 0 Å². The summed E-state index contributed by atoms with van der Waals surface area (Å²) in [4.78, 5) is 3.71. The van der Waals surface area contributed by atoms with Crippen molar-refractivity contribution in [1.82, 2.24) is 4.98 Å². The fourth-order valence-electron chi connectivity index (χ4n) is 1.35. The Morgan fingerprint density at radius 1 is 1.62 bits per heavy atom. The van der Waals surface area contributed by atoms with Crippen LogP contribution in [0.1, 0.15) is 23.4 Å². The van der Waals surface area contributed by atoms with Gasteiger partial charge in [0, 0.05) is 18.2 Å². The van der Waals surface area contributed by atoms with Gasteiger partial charge in [-0.15, -0.1) is 0 Å². The summed E-state index contributed by atoms with van der Waals surface area (Å²) in [6.45, 7) is 0.0940. The van der Waals surface area contributed by atoms with Crippen molar-refractivity contribution >= 4 is 0 Å². The number of nitriles is 1. The van der Waals surface area contributed by atoms with Crippen molar-refractivity contribution in [3.05, 3.63) is 23.0 Å². The molecule has 0 spiro atoms. The summed E-state index contributed by atoms with van der Waals surface area (Å²) in [5.74, 6) is 0.248. The predicted octanol–water partition coefficient (Wildman–Crippen LogP) is 1.55. The van der Waals surface area contributed by atoms with Gasteiger partial charge in [0.2, 0.25) is 0 Å². The quantitative estimate of drug-likeness (QED) is 0.847. The van der Waals surface area contributed by atoms with E-state index >= 15 is 0 Å². The average molecular weight is 227 g/mol. The molecular formula is C10H11F2N3O. The van der Waals surface area contributed by atoms with Crippen LogP contribution in [0.5, 0.6) is 5.75 Å². The number of alkyl halides is 2. The second-order valence-electron chi connectivity index (χ2n) is 3.01. The SMILES string of the molecule is COc1cc(C(F)F)nc(CC#N)c1CN. The van der Waals surface area contributed by atoms with Crippen LogP contribution in [0, 0.1) is 11.3 Å². The van der Waals surface area contributed by atoms with Crippen molar-refractivity contribution in [3.63, 3.8) is 0 Å². The van der Waals surface area contributed by atoms with E-state index in [0.29, 0.717) is 5.56 Å². The third-order valence-corrected chi connectivity index (χ3v) is 2.08. The van der Waals surface area contributed by atoms with Gasteiger partial charge in [0.25, 0.3) is 6.43 Å². The van der Waals surface area contributed by atoms with Crippen molar-refractivity contribution in [2.24, 2.45) is 5.73 Å². The highest BCUT2D eigenvalue weighted by Crippen LogP contribution is 2.27. The summed E-state index contributed by atoms with van der Waals surface area (Å²) in [5.41, 5.74) is 5.81. The van der Waals surface area contributed by atoms with Gasteiger partial charge in [-0.25, -0.2) is 8.78 Å². The van der Waals surface area contributed by atoms with E-state index in [2.05, 4.69) is 4.98 Å². The summed E-state index contributed by atoms with van der Waals surface area (Å²) in [6.07, 6.45) is -2.76. The smallest absolute Gasteiger partial charge is 0.280 e. The van der Waals surface area contributed by atoms with E-state index in [1.165, 1.54) is 7.11 Å². The zero-order valence-corrected chi connectivity index (χ0v) is 8.70. The van der Waals surface area contributed by atoms with Crippen LogP contribution < -0.4 is 10.5 Å². The molecule has 6 heteroatoms. The Bertz CT molecular complexity index is 415. The highest BCUT2D eigenvalue weighted by molar-refractivity contribution is 5.39. The van der Waals surface area contributed by atoms with Crippen LogP contribution in [0.25, 0.3) is 0 Å². The molecule has 0 radical (unpaired) electrons. The van der Waals surface area contributed by atoms with E-state index in [4.69, 9.17) is 15.7 Å². The lowest BCUT2D eigenvalue weighted by molar-refractivity contribution is 0.145. The van der Waals surface area contributed by atoms with Crippen LogP contribution in [-0.4, -0.2) is 12.1 Å². The third-order valence-electron chi connectivity index (χ3n) is 2.08. The highest BCUT2D eigenvalue weighted by atomic mass is 19.3. The number of nitrogens with two attached hydrogens (primary N) is 1. The Morgan fingerprint density at radius 3 is 2.75 bits per heavy atom. The van der Waals surface area contributed by atoms with Gasteiger partial charge in [-0.1, -0.05) is 0 Å². The number of pyridine rings is 1. The van der Waals surface area contributed by atoms with E-state index in [0.717, 1.165) is 6.07 Å². The zero-order chi connectivity index (χ0) is 12.1. The fourth-order valence-corrected chi connectivity index (χ4v) is 1.35. The summed E-state index contributed by atoms with van der Waals surface area (Å²) < 4.78 is 30.0. The van der Waals surface area contributed by atoms with Crippen molar-refractivity contribution in [2.75, 3.05) is 7.11 Å². The van der Waals surface area contributed by atoms with Crippen LogP contribution in [0.2, 0.25) is 0 Å². The van der Waals surface area contributed by atoms with Crippen LogP contribution in [-0.2, 0) is 13.0 Å². The molecule has 0 unspecified atom stereocenters. The number of aromatic nitrogens is 1. The molecule has 0 amide bonds. The molecule has 0 aliphatic carbocycles. The molecule has 0 saturated carbocycles. The lowest BCUT2D eigenvalue weighted by Gasteiger charge is -2.12. The van der Waals surface area contributed by atoms with E-state index in [1.54, 1.807) is 0 Å². The Kier molecular flexibility index (Phi) is 4.14. The maximum atomic E-state index is 12.5. The van der Waals surface area contributed by atoms with Crippen molar-refractivity contribution < 1.29 is 13.5 Å². The number of hydrogen-bond acceptors (Lipinski definition) is 4. The molecule has 0 aliphatic heterocycles. The molecule has 1 heterocycles. The summed E-state index contributed by atoms with van der Waals surface area (Å²) in [7, 11) is 1.36. The predicted molar refractivity (Wildman–Crippen MR) is 53.0 cm³/mol. The van der Waals surface area contributed by atoms with Gasteiger partial charge >= 0.3 is 0 Å². The molecule has 2 N–H and O–H groups in total. The van der Waals surface area contributed by atoms with Crippen LogP contribution in [0.15, 0.2) is 6.07 Å². The monoisotopic (exact) mass is 227 g/mol. The molecule has 4 nitrogen and oxygen atoms in total. The molecule has 16 heavy (non-hydrogen) atoms. The zero-order valence-electron chi connectivity index (χ0n) is 8.70. The Labute approximate surface area is 91.7 Å². The topological polar surface area (TPSA) is 71.9 Å². The molecule has 1 aromatic heterocycles. The molecule has 0 aromatic carbocycles. The van der Waals surface area contributed by atoms with Gasteiger partial charge in [0.1, 0.15) is 11.4 Å². The molecule has 0 bridgehead atoms. The Balaban J connectivity index is 3.32. The van der Waals surface area contributed by atoms with E-state index in [1.807, 2.05) is 6.07 Å². The molecule has 0 fully saturated rings. The number of halogens is 2. The minimum absolute atomic E-state index is 0.0660. The van der Waals surface area contributed by atoms with E-state index in [-0.39, 0.29) is 24.4 Å². The molecule has 1 rings (SSSR count). The van der Waals surface area contributed by atoms with E-state index < -0.39 is 12.1 Å². The third kappa shape index (κ3) is 2.44. The lowest BCUT2D eigenvalue weighted by atomic mass is 10.1. The first-order chi connectivity index (χ1) is 7.63. The maximum Gasteiger partial charge on any atom is 0.280 e. The van der Waals surface area contributed by atoms with Crippen molar-refractivity contribution in [3.8, 4) is 11.8 Å². The highest BCUT2D eigenvalue weighted by Gasteiger charge is 2.17. The van der Waals surface area contributed by atoms with Gasteiger partial charge < -0.3 is 10.5 Å². The van der Waals surface area contributed by atoms with Gasteiger partial charge in [-0.2, -0.15) is 5.26 Å². The number of rotatable bonds is 4. The Morgan fingerprint density at radius 2 is 2.31 bits per heavy atom. The number of ether oxygens (including phenoxy) is 1.